The van der Waals surface area contributed by atoms with E-state index in [4.69, 9.17) is 0 Å². The summed E-state index contributed by atoms with van der Waals surface area (Å²) in [6, 6.07) is 10.3. The molecule has 0 aliphatic carbocycles. The van der Waals surface area contributed by atoms with E-state index in [9.17, 15) is 0 Å². The van der Waals surface area contributed by atoms with Crippen LogP contribution in [0.25, 0.3) is 0 Å². The zero-order chi connectivity index (χ0) is 14.2. The van der Waals surface area contributed by atoms with Gasteiger partial charge in [0, 0.05) is 25.1 Å². The maximum Gasteiger partial charge on any atom is 0.154 e. The average Bonchev–Trinajstić information content (AvgIpc) is 2.52. The van der Waals surface area contributed by atoms with Gasteiger partial charge in [0.05, 0.1) is 5.69 Å². The Kier molecular flexibility index (Phi) is 5.54. The quantitative estimate of drug-likeness (QED) is 0.699. The van der Waals surface area contributed by atoms with Crippen LogP contribution in [0.15, 0.2) is 42.7 Å². The summed E-state index contributed by atoms with van der Waals surface area (Å²) in [6.45, 7) is 2.23. The Morgan fingerprint density at radius 1 is 0.950 bits per heavy atom. The summed E-state index contributed by atoms with van der Waals surface area (Å²) in [7, 11) is 2.05. The molecule has 3 nitrogen and oxygen atoms in total. The maximum atomic E-state index is 4.52. The standard InChI is InChI=1S/C17H23N3/c1-3-4-5-9-12-16-17(19-14-13-18-16)20(2)15-10-7-6-8-11-15/h6-8,10-11,13-14H,3-5,9,12H2,1-2H3. The molecule has 0 unspecified atom stereocenters. The first-order valence-corrected chi connectivity index (χ1v) is 7.41. The van der Waals surface area contributed by atoms with Gasteiger partial charge in [0.15, 0.2) is 5.82 Å². The molecule has 0 amide bonds. The molecule has 1 aromatic heterocycles. The third kappa shape index (κ3) is 3.80. The summed E-state index contributed by atoms with van der Waals surface area (Å²) < 4.78 is 0. The summed E-state index contributed by atoms with van der Waals surface area (Å²) in [5.74, 6) is 0.968. The molecule has 0 saturated heterocycles. The van der Waals surface area contributed by atoms with Crippen LogP contribution in [0.2, 0.25) is 0 Å². The van der Waals surface area contributed by atoms with Crippen molar-refractivity contribution in [3.63, 3.8) is 0 Å². The SMILES string of the molecule is CCCCCCc1nccnc1N(C)c1ccccc1. The molecular formula is C17H23N3. The van der Waals surface area contributed by atoms with Gasteiger partial charge >= 0.3 is 0 Å². The third-order valence-electron chi connectivity index (χ3n) is 3.48. The number of unbranched alkanes of at least 4 members (excludes halogenated alkanes) is 3. The van der Waals surface area contributed by atoms with Crippen molar-refractivity contribution in [3.05, 3.63) is 48.4 Å². The molecule has 20 heavy (non-hydrogen) atoms. The van der Waals surface area contributed by atoms with Gasteiger partial charge in [0.2, 0.25) is 0 Å². The second kappa shape index (κ2) is 7.63. The summed E-state index contributed by atoms with van der Waals surface area (Å²) in [5, 5.41) is 0. The molecule has 3 heteroatoms. The average molecular weight is 269 g/mol. The van der Waals surface area contributed by atoms with Crippen LogP contribution in [-0.2, 0) is 6.42 Å². The summed E-state index contributed by atoms with van der Waals surface area (Å²) >= 11 is 0. The van der Waals surface area contributed by atoms with Crippen LogP contribution in [0.5, 0.6) is 0 Å². The Bertz CT molecular complexity index is 511. The molecule has 0 fully saturated rings. The number of aromatic nitrogens is 2. The fourth-order valence-corrected chi connectivity index (χ4v) is 2.31. The summed E-state index contributed by atoms with van der Waals surface area (Å²) in [5.41, 5.74) is 2.23. The molecule has 0 aliphatic heterocycles. The molecule has 0 radical (unpaired) electrons. The van der Waals surface area contributed by atoms with Crippen molar-refractivity contribution < 1.29 is 0 Å². The van der Waals surface area contributed by atoms with Crippen LogP contribution < -0.4 is 4.90 Å². The molecule has 0 spiro atoms. The number of rotatable bonds is 7. The van der Waals surface area contributed by atoms with Crippen molar-refractivity contribution in [3.8, 4) is 0 Å². The number of hydrogen-bond donors (Lipinski definition) is 0. The molecule has 2 aromatic rings. The summed E-state index contributed by atoms with van der Waals surface area (Å²) in [6.07, 6.45) is 9.56. The number of para-hydroxylation sites is 1. The second-order valence-corrected chi connectivity index (χ2v) is 5.03. The van der Waals surface area contributed by atoms with Gasteiger partial charge in [-0.2, -0.15) is 0 Å². The van der Waals surface area contributed by atoms with Crippen LogP contribution in [0.3, 0.4) is 0 Å². The lowest BCUT2D eigenvalue weighted by atomic mass is 10.1. The van der Waals surface area contributed by atoms with Gasteiger partial charge < -0.3 is 4.90 Å². The molecule has 2 rings (SSSR count). The molecule has 106 valence electrons. The van der Waals surface area contributed by atoms with Crippen molar-refractivity contribution in [1.29, 1.82) is 0 Å². The predicted molar refractivity (Wildman–Crippen MR) is 84.4 cm³/mol. The first-order valence-electron chi connectivity index (χ1n) is 7.41. The monoisotopic (exact) mass is 269 g/mol. The Balaban J connectivity index is 2.11. The smallest absolute Gasteiger partial charge is 0.154 e. The van der Waals surface area contributed by atoms with Crippen LogP contribution in [0.1, 0.15) is 38.3 Å². The molecule has 0 aliphatic rings. The van der Waals surface area contributed by atoms with E-state index < -0.39 is 0 Å². The molecule has 1 heterocycles. The van der Waals surface area contributed by atoms with Gasteiger partial charge in [-0.25, -0.2) is 4.98 Å². The Hall–Kier alpha value is -1.90. The number of hydrogen-bond acceptors (Lipinski definition) is 3. The topological polar surface area (TPSA) is 29.0 Å². The lowest BCUT2D eigenvalue weighted by molar-refractivity contribution is 0.659. The van der Waals surface area contributed by atoms with Crippen LogP contribution >= 0.6 is 0 Å². The molecule has 0 N–H and O–H groups in total. The van der Waals surface area contributed by atoms with E-state index in [1.165, 1.54) is 25.7 Å². The van der Waals surface area contributed by atoms with Crippen molar-refractivity contribution >= 4 is 11.5 Å². The highest BCUT2D eigenvalue weighted by Gasteiger charge is 2.11. The van der Waals surface area contributed by atoms with E-state index in [-0.39, 0.29) is 0 Å². The van der Waals surface area contributed by atoms with E-state index in [1.807, 2.05) is 18.2 Å². The lowest BCUT2D eigenvalue weighted by Crippen LogP contribution is -2.14. The highest BCUT2D eigenvalue weighted by molar-refractivity contribution is 5.60. The first-order chi connectivity index (χ1) is 9.83. The highest BCUT2D eigenvalue weighted by atomic mass is 15.2. The highest BCUT2D eigenvalue weighted by Crippen LogP contribution is 2.24. The van der Waals surface area contributed by atoms with Gasteiger partial charge in [-0.3, -0.25) is 4.98 Å². The van der Waals surface area contributed by atoms with E-state index in [2.05, 4.69) is 41.0 Å². The normalized spacial score (nSPS) is 10.5. The van der Waals surface area contributed by atoms with Gasteiger partial charge in [-0.05, 0) is 25.0 Å². The molecule has 0 atom stereocenters. The lowest BCUT2D eigenvalue weighted by Gasteiger charge is -2.20. The maximum absolute atomic E-state index is 4.52. The van der Waals surface area contributed by atoms with Crippen molar-refractivity contribution in [2.45, 2.75) is 39.0 Å². The van der Waals surface area contributed by atoms with Gasteiger partial charge in [-0.15, -0.1) is 0 Å². The van der Waals surface area contributed by atoms with Crippen molar-refractivity contribution in [2.75, 3.05) is 11.9 Å². The molecule has 0 bridgehead atoms. The van der Waals surface area contributed by atoms with E-state index in [0.29, 0.717) is 0 Å². The molecular weight excluding hydrogens is 246 g/mol. The number of nitrogens with zero attached hydrogens (tertiary/aromatic N) is 3. The fourth-order valence-electron chi connectivity index (χ4n) is 2.31. The third-order valence-corrected chi connectivity index (χ3v) is 3.48. The minimum atomic E-state index is 0.968. The number of benzene rings is 1. The van der Waals surface area contributed by atoms with E-state index in [0.717, 1.165) is 23.6 Å². The predicted octanol–water partition coefficient (Wildman–Crippen LogP) is 4.37. The van der Waals surface area contributed by atoms with Gasteiger partial charge in [0.25, 0.3) is 0 Å². The number of anilines is 2. The number of aryl methyl sites for hydroxylation is 1. The summed E-state index contributed by atoms with van der Waals surface area (Å²) in [4.78, 5) is 11.1. The van der Waals surface area contributed by atoms with E-state index in [1.54, 1.807) is 12.4 Å². The Morgan fingerprint density at radius 3 is 2.45 bits per heavy atom. The second-order valence-electron chi connectivity index (χ2n) is 5.03. The largest absolute Gasteiger partial charge is 0.328 e. The zero-order valence-corrected chi connectivity index (χ0v) is 12.4. The fraction of sp³-hybridized carbons (Fsp3) is 0.412. The minimum Gasteiger partial charge on any atom is -0.328 e. The zero-order valence-electron chi connectivity index (χ0n) is 12.4. The minimum absolute atomic E-state index is 0.968. The van der Waals surface area contributed by atoms with Crippen molar-refractivity contribution in [1.82, 2.24) is 9.97 Å². The Labute approximate surface area is 121 Å². The first kappa shape index (κ1) is 14.5. The van der Waals surface area contributed by atoms with Crippen LogP contribution in [-0.4, -0.2) is 17.0 Å². The van der Waals surface area contributed by atoms with Crippen molar-refractivity contribution in [2.24, 2.45) is 0 Å². The van der Waals surface area contributed by atoms with Gasteiger partial charge in [0.1, 0.15) is 0 Å². The molecule has 0 saturated carbocycles. The van der Waals surface area contributed by atoms with Crippen LogP contribution in [0.4, 0.5) is 11.5 Å². The van der Waals surface area contributed by atoms with Crippen LogP contribution in [0, 0.1) is 0 Å². The van der Waals surface area contributed by atoms with E-state index >= 15 is 0 Å². The molecule has 1 aromatic carbocycles. The Morgan fingerprint density at radius 2 is 1.70 bits per heavy atom. The van der Waals surface area contributed by atoms with Gasteiger partial charge in [-0.1, -0.05) is 44.4 Å².